The smallest absolute Gasteiger partial charge is 0.358 e. The zero-order chi connectivity index (χ0) is 18.0. The van der Waals surface area contributed by atoms with Crippen molar-refractivity contribution in [3.8, 4) is 0 Å². The van der Waals surface area contributed by atoms with Gasteiger partial charge < -0.3 is 15.3 Å². The van der Waals surface area contributed by atoms with E-state index >= 15 is 0 Å². The van der Waals surface area contributed by atoms with Crippen LogP contribution in [-0.2, 0) is 16.1 Å². The van der Waals surface area contributed by atoms with Crippen molar-refractivity contribution in [1.29, 1.82) is 0 Å². The van der Waals surface area contributed by atoms with Gasteiger partial charge in [-0.2, -0.15) is 0 Å². The predicted octanol–water partition coefficient (Wildman–Crippen LogP) is 0.0371. The molecule has 0 radical (unpaired) electrons. The van der Waals surface area contributed by atoms with Gasteiger partial charge >= 0.3 is 5.97 Å². The number of carbonyl (C=O) groups excluding carboxylic acids is 2. The van der Waals surface area contributed by atoms with Gasteiger partial charge in [-0.15, -0.1) is 5.10 Å². The van der Waals surface area contributed by atoms with Crippen molar-refractivity contribution in [3.05, 3.63) is 42.0 Å². The van der Waals surface area contributed by atoms with Gasteiger partial charge in [-0.25, -0.2) is 13.9 Å². The minimum atomic E-state index is -1.25. The van der Waals surface area contributed by atoms with Crippen molar-refractivity contribution in [2.75, 3.05) is 11.4 Å². The summed E-state index contributed by atoms with van der Waals surface area (Å²) < 4.78 is 14.9. The lowest BCUT2D eigenvalue weighted by Gasteiger charge is -2.17. The number of aromatic nitrogens is 3. The Hall–Kier alpha value is -3.30. The Morgan fingerprint density at radius 3 is 2.80 bits per heavy atom. The summed E-state index contributed by atoms with van der Waals surface area (Å²) in [6.07, 6.45) is 1.46. The summed E-state index contributed by atoms with van der Waals surface area (Å²) in [4.78, 5) is 36.4. The first kappa shape index (κ1) is 16.6. The van der Waals surface area contributed by atoms with Crippen LogP contribution in [0.15, 0.2) is 30.5 Å². The number of aromatic carboxylic acids is 1. The fourth-order valence-corrected chi connectivity index (χ4v) is 2.58. The first-order chi connectivity index (χ1) is 12.0. The minimum absolute atomic E-state index is 0.173. The molecule has 2 N–H and O–H groups in total. The Morgan fingerprint density at radius 1 is 1.36 bits per heavy atom. The van der Waals surface area contributed by atoms with E-state index in [9.17, 15) is 18.8 Å². The molecule has 1 saturated heterocycles. The lowest BCUT2D eigenvalue weighted by molar-refractivity contribution is -0.127. The summed E-state index contributed by atoms with van der Waals surface area (Å²) in [6, 6.07) is 5.15. The van der Waals surface area contributed by atoms with Gasteiger partial charge in [0.2, 0.25) is 11.8 Å². The fraction of sp³-hybridized carbons (Fsp3) is 0.267. The van der Waals surface area contributed by atoms with Crippen molar-refractivity contribution in [2.45, 2.75) is 19.0 Å². The molecule has 0 aliphatic carbocycles. The first-order valence-electron chi connectivity index (χ1n) is 7.44. The van der Waals surface area contributed by atoms with Gasteiger partial charge in [0, 0.05) is 6.54 Å². The third kappa shape index (κ3) is 3.47. The van der Waals surface area contributed by atoms with Gasteiger partial charge in [0.1, 0.15) is 18.4 Å². The molecule has 1 unspecified atom stereocenters. The van der Waals surface area contributed by atoms with Crippen LogP contribution in [0.25, 0.3) is 0 Å². The molecule has 0 bridgehead atoms. The number of anilines is 1. The number of hydrogen-bond donors (Lipinski definition) is 2. The van der Waals surface area contributed by atoms with Crippen LogP contribution in [-0.4, -0.2) is 50.5 Å². The number of amides is 2. The number of hydrogen-bond acceptors (Lipinski definition) is 5. The van der Waals surface area contributed by atoms with E-state index in [1.54, 1.807) is 6.07 Å². The molecule has 2 aromatic rings. The summed E-state index contributed by atoms with van der Waals surface area (Å²) in [7, 11) is 0. The number of rotatable bonds is 5. The molecule has 130 valence electrons. The molecule has 2 amide bonds. The van der Waals surface area contributed by atoms with E-state index in [1.807, 2.05) is 0 Å². The summed E-state index contributed by atoms with van der Waals surface area (Å²) >= 11 is 0. The maximum absolute atomic E-state index is 13.8. The molecule has 1 aliphatic rings. The molecule has 1 aliphatic heterocycles. The largest absolute Gasteiger partial charge is 0.476 e. The summed E-state index contributed by atoms with van der Waals surface area (Å²) in [5.74, 6) is -2.68. The summed E-state index contributed by atoms with van der Waals surface area (Å²) in [5, 5.41) is 18.2. The molecular formula is C15H14FN5O4. The van der Waals surface area contributed by atoms with Crippen LogP contribution >= 0.6 is 0 Å². The molecular weight excluding hydrogens is 333 g/mol. The van der Waals surface area contributed by atoms with Crippen LogP contribution in [0.4, 0.5) is 10.1 Å². The van der Waals surface area contributed by atoms with Gasteiger partial charge in [0.25, 0.3) is 0 Å². The Labute approximate surface area is 141 Å². The van der Waals surface area contributed by atoms with Crippen LogP contribution in [0.5, 0.6) is 0 Å². The van der Waals surface area contributed by atoms with Crippen LogP contribution in [0.2, 0.25) is 0 Å². The monoisotopic (exact) mass is 347 g/mol. The predicted molar refractivity (Wildman–Crippen MR) is 82.3 cm³/mol. The molecule has 10 heteroatoms. The molecule has 1 fully saturated rings. The van der Waals surface area contributed by atoms with Crippen molar-refractivity contribution in [1.82, 2.24) is 20.3 Å². The summed E-state index contributed by atoms with van der Waals surface area (Å²) in [5.41, 5.74) is -0.109. The van der Waals surface area contributed by atoms with Gasteiger partial charge in [0.15, 0.2) is 5.69 Å². The molecule has 9 nitrogen and oxygen atoms in total. The third-order valence-corrected chi connectivity index (χ3v) is 3.75. The number of nitrogens with one attached hydrogen (secondary N) is 1. The standard InChI is InChI=1S/C15H14FN5O4/c16-9-3-1-2-4-12(9)21-6-5-10(14(21)23)17-13(22)8-20-7-11(15(24)25)18-19-20/h1-4,7,10H,5-6,8H2,(H,17,22)(H,24,25). The topological polar surface area (TPSA) is 117 Å². The maximum atomic E-state index is 13.8. The van der Waals surface area contributed by atoms with Gasteiger partial charge in [-0.1, -0.05) is 17.3 Å². The van der Waals surface area contributed by atoms with Gasteiger partial charge in [-0.3, -0.25) is 9.59 Å². The molecule has 1 atom stereocenters. The zero-order valence-electron chi connectivity index (χ0n) is 12.9. The highest BCUT2D eigenvalue weighted by atomic mass is 19.1. The molecule has 1 aromatic carbocycles. The van der Waals surface area contributed by atoms with E-state index in [0.29, 0.717) is 6.42 Å². The van der Waals surface area contributed by atoms with Crippen LogP contribution in [0, 0.1) is 5.82 Å². The Kier molecular flexibility index (Phi) is 4.42. The average Bonchev–Trinajstić information content (AvgIpc) is 3.16. The van der Waals surface area contributed by atoms with E-state index in [-0.39, 0.29) is 24.5 Å². The SMILES string of the molecule is O=C(Cn1cc(C(=O)O)nn1)NC1CCN(c2ccccc2F)C1=O. The molecule has 0 spiro atoms. The minimum Gasteiger partial charge on any atom is -0.476 e. The first-order valence-corrected chi connectivity index (χ1v) is 7.44. The Balaban J connectivity index is 1.61. The zero-order valence-corrected chi connectivity index (χ0v) is 12.9. The highest BCUT2D eigenvalue weighted by Crippen LogP contribution is 2.24. The van der Waals surface area contributed by atoms with Gasteiger partial charge in [0.05, 0.1) is 11.9 Å². The summed E-state index contributed by atoms with van der Waals surface area (Å²) in [6.45, 7) is 0.0148. The number of carbonyl (C=O) groups is 3. The second-order valence-corrected chi connectivity index (χ2v) is 5.46. The Morgan fingerprint density at radius 2 is 2.12 bits per heavy atom. The number of para-hydroxylation sites is 1. The number of nitrogens with zero attached hydrogens (tertiary/aromatic N) is 4. The van der Waals surface area contributed by atoms with E-state index in [0.717, 1.165) is 10.9 Å². The van der Waals surface area contributed by atoms with Crippen LogP contribution < -0.4 is 10.2 Å². The normalized spacial score (nSPS) is 16.9. The number of carboxylic acids is 1. The number of halogens is 1. The molecule has 3 rings (SSSR count). The number of benzene rings is 1. The highest BCUT2D eigenvalue weighted by molar-refractivity contribution is 6.01. The lowest BCUT2D eigenvalue weighted by atomic mass is 10.2. The van der Waals surface area contributed by atoms with Crippen molar-refractivity contribution >= 4 is 23.5 Å². The molecule has 25 heavy (non-hydrogen) atoms. The Bertz CT molecular complexity index is 837. The van der Waals surface area contributed by atoms with E-state index in [4.69, 9.17) is 5.11 Å². The second-order valence-electron chi connectivity index (χ2n) is 5.46. The van der Waals surface area contributed by atoms with Crippen molar-refractivity contribution in [3.63, 3.8) is 0 Å². The molecule has 2 heterocycles. The highest BCUT2D eigenvalue weighted by Gasteiger charge is 2.34. The molecule has 0 saturated carbocycles. The van der Waals surface area contributed by atoms with Crippen LogP contribution in [0.3, 0.4) is 0 Å². The maximum Gasteiger partial charge on any atom is 0.358 e. The van der Waals surface area contributed by atoms with Crippen molar-refractivity contribution < 1.29 is 23.9 Å². The van der Waals surface area contributed by atoms with Crippen LogP contribution in [0.1, 0.15) is 16.9 Å². The van der Waals surface area contributed by atoms with E-state index in [1.165, 1.54) is 23.1 Å². The second kappa shape index (κ2) is 6.67. The quantitative estimate of drug-likeness (QED) is 0.788. The van der Waals surface area contributed by atoms with E-state index in [2.05, 4.69) is 15.6 Å². The van der Waals surface area contributed by atoms with Crippen molar-refractivity contribution in [2.24, 2.45) is 0 Å². The molecule has 1 aromatic heterocycles. The van der Waals surface area contributed by atoms with Gasteiger partial charge in [-0.05, 0) is 18.6 Å². The average molecular weight is 347 g/mol. The van der Waals surface area contributed by atoms with E-state index < -0.39 is 29.6 Å². The fourth-order valence-electron chi connectivity index (χ4n) is 2.58. The number of carboxylic acid groups (broad SMARTS) is 1. The third-order valence-electron chi connectivity index (χ3n) is 3.75. The lowest BCUT2D eigenvalue weighted by Crippen LogP contribution is -2.43.